The van der Waals surface area contributed by atoms with E-state index in [1.54, 1.807) is 49.4 Å². The van der Waals surface area contributed by atoms with Gasteiger partial charge in [-0.1, -0.05) is 42.0 Å². The number of halogens is 1. The molecule has 2 aliphatic heterocycles. The highest BCUT2D eigenvalue weighted by atomic mass is 35.5. The van der Waals surface area contributed by atoms with E-state index in [4.69, 9.17) is 32.2 Å². The second-order valence-electron chi connectivity index (χ2n) is 8.97. The topological polar surface area (TPSA) is 135 Å². The van der Waals surface area contributed by atoms with Crippen molar-refractivity contribution in [2.45, 2.75) is 38.3 Å². The molecule has 2 aliphatic rings. The van der Waals surface area contributed by atoms with Crippen LogP contribution in [0.5, 0.6) is 5.75 Å². The van der Waals surface area contributed by atoms with Gasteiger partial charge < -0.3 is 20.5 Å². The highest BCUT2D eigenvalue weighted by Gasteiger charge is 2.39. The molecule has 1 saturated heterocycles. The van der Waals surface area contributed by atoms with E-state index in [-0.39, 0.29) is 18.5 Å². The van der Waals surface area contributed by atoms with Gasteiger partial charge in [-0.05, 0) is 56.6 Å². The number of piperidine rings is 1. The number of benzene rings is 2. The van der Waals surface area contributed by atoms with Gasteiger partial charge in [0.25, 0.3) is 0 Å². The number of nitrogens with zero attached hydrogens (tertiary/aromatic N) is 1. The number of ether oxygens (including phenoxy) is 2. The fourth-order valence-corrected chi connectivity index (χ4v) is 6.43. The van der Waals surface area contributed by atoms with Crippen molar-refractivity contribution in [3.63, 3.8) is 0 Å². The molecule has 1 fully saturated rings. The van der Waals surface area contributed by atoms with Gasteiger partial charge in [-0.25, -0.2) is 8.42 Å². The summed E-state index contributed by atoms with van der Waals surface area (Å²) in [4.78, 5) is 12.1. The van der Waals surface area contributed by atoms with Gasteiger partial charge in [0.15, 0.2) is 5.75 Å². The van der Waals surface area contributed by atoms with Gasteiger partial charge in [-0.3, -0.25) is 14.5 Å². The highest BCUT2D eigenvalue weighted by Crippen LogP contribution is 2.44. The molecular weight excluding hydrogens is 516 g/mol. The van der Waals surface area contributed by atoms with E-state index in [0.29, 0.717) is 34.0 Å². The smallest absolute Gasteiger partial charge is 0.323 e. The van der Waals surface area contributed by atoms with Crippen LogP contribution in [0.2, 0.25) is 5.02 Å². The lowest BCUT2D eigenvalue weighted by molar-refractivity contribution is -0.139. The Balaban J connectivity index is 1.68. The van der Waals surface area contributed by atoms with E-state index in [1.807, 2.05) is 6.07 Å². The summed E-state index contributed by atoms with van der Waals surface area (Å²) in [6, 6.07) is 9.84. The average Bonchev–Trinajstić information content (AvgIpc) is 3.25. The number of carbonyl (C=O) groups is 1. The molecule has 0 bridgehead atoms. The first-order chi connectivity index (χ1) is 17.7. The number of rotatable bonds is 9. The summed E-state index contributed by atoms with van der Waals surface area (Å²) in [7, 11) is -4.08. The summed E-state index contributed by atoms with van der Waals surface area (Å²) in [6.07, 6.45) is 5.59. The summed E-state index contributed by atoms with van der Waals surface area (Å²) in [5.41, 5.74) is 7.98. The van der Waals surface area contributed by atoms with E-state index in [9.17, 15) is 13.2 Å². The van der Waals surface area contributed by atoms with Crippen LogP contribution < -0.4 is 20.1 Å². The number of nitrogens with two attached hydrogens (primary N) is 1. The highest BCUT2D eigenvalue weighted by molar-refractivity contribution is 7.93. The van der Waals surface area contributed by atoms with E-state index >= 15 is 0 Å². The van der Waals surface area contributed by atoms with Crippen LogP contribution in [0.4, 0.5) is 5.69 Å². The molecule has 0 spiro atoms. The first-order valence-electron chi connectivity index (χ1n) is 12.2. The maximum atomic E-state index is 13.4. The minimum absolute atomic E-state index is 0.0334. The van der Waals surface area contributed by atoms with Crippen molar-refractivity contribution in [3.05, 3.63) is 64.2 Å². The number of esters is 1. The van der Waals surface area contributed by atoms with Crippen LogP contribution in [-0.4, -0.2) is 57.8 Å². The molecule has 198 valence electrons. The molecule has 37 heavy (non-hydrogen) atoms. The van der Waals surface area contributed by atoms with Crippen LogP contribution in [0.1, 0.15) is 36.5 Å². The van der Waals surface area contributed by atoms with Gasteiger partial charge in [0.2, 0.25) is 10.0 Å². The van der Waals surface area contributed by atoms with Crippen molar-refractivity contribution in [3.8, 4) is 5.75 Å². The Morgan fingerprint density at radius 3 is 2.73 bits per heavy atom. The van der Waals surface area contributed by atoms with Gasteiger partial charge in [-0.2, -0.15) is 0 Å². The SMILES string of the molecule is CCOC(=O)CS(=O)(=O)N1c2ccc(OC3CCNCC3)c(Cl)c2CC1/C=C/c1cccc(C(=N)N)c1. The molecule has 2 heterocycles. The Hall–Kier alpha value is -3.08. The number of anilines is 1. The Bertz CT molecular complexity index is 1310. The molecule has 0 aliphatic carbocycles. The van der Waals surface area contributed by atoms with E-state index in [0.717, 1.165) is 31.5 Å². The van der Waals surface area contributed by atoms with E-state index in [2.05, 4.69) is 5.32 Å². The predicted octanol–water partition coefficient (Wildman–Crippen LogP) is 3.09. The largest absolute Gasteiger partial charge is 0.489 e. The summed E-state index contributed by atoms with van der Waals surface area (Å²) in [5.74, 6) is -1.14. The Morgan fingerprint density at radius 2 is 2.03 bits per heavy atom. The Kier molecular flexibility index (Phi) is 8.41. The number of hydrogen-bond acceptors (Lipinski definition) is 7. The fourth-order valence-electron chi connectivity index (χ4n) is 4.60. The van der Waals surface area contributed by atoms with E-state index in [1.165, 1.54) is 4.31 Å². The number of hydrogen-bond donors (Lipinski definition) is 3. The molecule has 1 unspecified atom stereocenters. The number of amidine groups is 1. The summed E-state index contributed by atoms with van der Waals surface area (Å²) in [5, 5.41) is 11.3. The maximum Gasteiger partial charge on any atom is 0.323 e. The molecule has 0 radical (unpaired) electrons. The normalized spacial score (nSPS) is 18.1. The van der Waals surface area contributed by atoms with Gasteiger partial charge in [0, 0.05) is 17.5 Å². The minimum Gasteiger partial charge on any atom is -0.489 e. The first kappa shape index (κ1) is 27.0. The van der Waals surface area contributed by atoms with Crippen LogP contribution in [0, 0.1) is 5.41 Å². The van der Waals surface area contributed by atoms with E-state index < -0.39 is 27.8 Å². The van der Waals surface area contributed by atoms with Gasteiger partial charge >= 0.3 is 5.97 Å². The van der Waals surface area contributed by atoms with Crippen molar-refractivity contribution < 1.29 is 22.7 Å². The quantitative estimate of drug-likeness (QED) is 0.250. The van der Waals surface area contributed by atoms with Crippen LogP contribution in [-0.2, 0) is 26.0 Å². The standard InChI is InChI=1S/C26H31ClN4O5S/c1-2-35-24(32)16-37(33,34)31-19(7-6-17-4-3-5-18(14-17)26(28)29)15-21-22(31)8-9-23(25(21)27)36-20-10-12-30-13-11-20/h3-9,14,19-20,30H,2,10-13,15-16H2,1H3,(H3,28,29)/b7-6+. The molecule has 2 aromatic rings. The molecule has 4 rings (SSSR count). The minimum atomic E-state index is -4.08. The molecule has 0 aromatic heterocycles. The number of fused-ring (bicyclic) bond motifs is 1. The van der Waals surface area contributed by atoms with Crippen molar-refractivity contribution in [1.29, 1.82) is 5.41 Å². The molecule has 9 nitrogen and oxygen atoms in total. The van der Waals surface area contributed by atoms with Crippen molar-refractivity contribution in [2.75, 3.05) is 29.8 Å². The third-order valence-electron chi connectivity index (χ3n) is 6.33. The van der Waals surface area contributed by atoms with Gasteiger partial charge in [0.05, 0.1) is 23.4 Å². The molecule has 2 aromatic carbocycles. The van der Waals surface area contributed by atoms with Gasteiger partial charge in [-0.15, -0.1) is 0 Å². The summed E-state index contributed by atoms with van der Waals surface area (Å²) in [6.45, 7) is 3.44. The van der Waals surface area contributed by atoms with Crippen molar-refractivity contribution in [2.24, 2.45) is 5.73 Å². The zero-order chi connectivity index (χ0) is 26.6. The lowest BCUT2D eigenvalue weighted by Gasteiger charge is -2.26. The summed E-state index contributed by atoms with van der Waals surface area (Å²) < 4.78 is 39.2. The molecule has 0 saturated carbocycles. The molecule has 1 atom stereocenters. The second kappa shape index (κ2) is 11.5. The molecule has 4 N–H and O–H groups in total. The number of nitrogens with one attached hydrogen (secondary N) is 2. The lowest BCUT2D eigenvalue weighted by Crippen LogP contribution is -2.40. The average molecular weight is 547 g/mol. The van der Waals surface area contributed by atoms with Gasteiger partial charge in [0.1, 0.15) is 17.7 Å². The van der Waals surface area contributed by atoms with Crippen molar-refractivity contribution >= 4 is 45.2 Å². The monoisotopic (exact) mass is 546 g/mol. The predicted molar refractivity (Wildman–Crippen MR) is 145 cm³/mol. The maximum absolute atomic E-state index is 13.4. The molecule has 11 heteroatoms. The number of carbonyl (C=O) groups excluding carboxylic acids is 1. The molecule has 0 amide bonds. The zero-order valence-electron chi connectivity index (χ0n) is 20.6. The fraction of sp³-hybridized carbons (Fsp3) is 0.385. The molecular formula is C26H31ClN4O5S. The third-order valence-corrected chi connectivity index (χ3v) is 8.41. The van der Waals surface area contributed by atoms with Crippen LogP contribution in [0.25, 0.3) is 6.08 Å². The van der Waals surface area contributed by atoms with Crippen LogP contribution >= 0.6 is 11.6 Å². The first-order valence-corrected chi connectivity index (χ1v) is 14.2. The second-order valence-corrected chi connectivity index (χ2v) is 11.2. The Morgan fingerprint density at radius 1 is 1.27 bits per heavy atom. The van der Waals surface area contributed by atoms with Crippen LogP contribution in [0.15, 0.2) is 42.5 Å². The number of nitrogen functional groups attached to an aromatic ring is 1. The zero-order valence-corrected chi connectivity index (χ0v) is 22.1. The van der Waals surface area contributed by atoms with Crippen LogP contribution in [0.3, 0.4) is 0 Å². The summed E-state index contributed by atoms with van der Waals surface area (Å²) >= 11 is 6.77. The lowest BCUT2D eigenvalue weighted by atomic mass is 10.1. The Labute approximate surface area is 222 Å². The number of sulfonamides is 1. The third kappa shape index (κ3) is 6.26. The van der Waals surface area contributed by atoms with Crippen molar-refractivity contribution in [1.82, 2.24) is 5.32 Å².